The molecule has 1 aromatic rings. The molecule has 0 aromatic heterocycles. The van der Waals surface area contributed by atoms with Crippen LogP contribution in [0, 0.1) is 12.8 Å². The Kier molecular flexibility index (Phi) is 13.8. The van der Waals surface area contributed by atoms with E-state index in [1.807, 2.05) is 45.0 Å². The molecule has 8 heteroatoms. The third-order valence-corrected chi connectivity index (χ3v) is 7.44. The second-order valence-electron chi connectivity index (χ2n) is 9.28. The lowest BCUT2D eigenvalue weighted by Gasteiger charge is -2.25. The molecule has 0 heterocycles. The van der Waals surface area contributed by atoms with Crippen LogP contribution in [-0.4, -0.2) is 67.8 Å². The number of rotatable bonds is 17. The van der Waals surface area contributed by atoms with Crippen LogP contribution in [0.25, 0.3) is 0 Å². The largest absolute Gasteiger partial charge is 0.390 e. The molecule has 1 amide bonds. The molecule has 33 heavy (non-hydrogen) atoms. The van der Waals surface area contributed by atoms with Crippen molar-refractivity contribution in [2.45, 2.75) is 78.9 Å². The molecule has 0 spiro atoms. The van der Waals surface area contributed by atoms with Gasteiger partial charge < -0.3 is 15.7 Å². The van der Waals surface area contributed by atoms with Crippen LogP contribution in [-0.2, 0) is 21.2 Å². The average molecular weight is 484 g/mol. The quantitative estimate of drug-likeness (QED) is 0.296. The van der Waals surface area contributed by atoms with Crippen molar-refractivity contribution in [1.29, 1.82) is 0 Å². The molecular formula is C25H45N3O4S. The van der Waals surface area contributed by atoms with Gasteiger partial charge in [0.05, 0.1) is 17.9 Å². The summed E-state index contributed by atoms with van der Waals surface area (Å²) in [5.74, 6) is -0.0109. The Morgan fingerprint density at radius 2 is 1.70 bits per heavy atom. The molecule has 190 valence electrons. The van der Waals surface area contributed by atoms with E-state index in [2.05, 4.69) is 24.5 Å². The Hall–Kier alpha value is -1.48. The first-order chi connectivity index (χ1) is 15.6. The van der Waals surface area contributed by atoms with Crippen LogP contribution in [0.4, 0.5) is 0 Å². The van der Waals surface area contributed by atoms with Crippen LogP contribution < -0.4 is 10.6 Å². The van der Waals surface area contributed by atoms with E-state index in [1.54, 1.807) is 0 Å². The number of nitrogens with zero attached hydrogens (tertiary/aromatic N) is 1. The van der Waals surface area contributed by atoms with Crippen molar-refractivity contribution < 1.29 is 18.3 Å². The van der Waals surface area contributed by atoms with Crippen LogP contribution in [0.1, 0.15) is 64.5 Å². The van der Waals surface area contributed by atoms with Gasteiger partial charge in [-0.1, -0.05) is 57.5 Å². The highest BCUT2D eigenvalue weighted by Gasteiger charge is 2.25. The summed E-state index contributed by atoms with van der Waals surface area (Å²) in [5.41, 5.74) is 2.15. The first-order valence-electron chi connectivity index (χ1n) is 12.3. The van der Waals surface area contributed by atoms with Gasteiger partial charge in [-0.25, -0.2) is 12.7 Å². The van der Waals surface area contributed by atoms with Crippen LogP contribution in [0.5, 0.6) is 0 Å². The Morgan fingerprint density at radius 1 is 1.09 bits per heavy atom. The zero-order chi connectivity index (χ0) is 24.9. The van der Waals surface area contributed by atoms with Gasteiger partial charge in [-0.2, -0.15) is 0 Å². The lowest BCUT2D eigenvalue weighted by molar-refractivity contribution is -0.122. The molecule has 1 rings (SSSR count). The van der Waals surface area contributed by atoms with Crippen LogP contribution in [0.3, 0.4) is 0 Å². The highest BCUT2D eigenvalue weighted by molar-refractivity contribution is 7.89. The van der Waals surface area contributed by atoms with Crippen molar-refractivity contribution in [3.63, 3.8) is 0 Å². The Bertz CT molecular complexity index is 775. The number of hydrogen-bond donors (Lipinski definition) is 3. The summed E-state index contributed by atoms with van der Waals surface area (Å²) in [6.07, 6.45) is 2.05. The van der Waals surface area contributed by atoms with Gasteiger partial charge in [-0.15, -0.1) is 0 Å². The SMILES string of the molecule is CCCN(CCC)S(=O)(=O)CCC(=O)NC(Cc1ccc(C)cc1)C(O)CNCCC(C)C. The minimum absolute atomic E-state index is 0.121. The fourth-order valence-corrected chi connectivity index (χ4v) is 5.19. The van der Waals surface area contributed by atoms with Gasteiger partial charge in [-0.05, 0) is 50.6 Å². The summed E-state index contributed by atoms with van der Waals surface area (Å²) in [6, 6.07) is 7.49. The lowest BCUT2D eigenvalue weighted by Crippen LogP contribution is -2.49. The van der Waals surface area contributed by atoms with E-state index < -0.39 is 22.2 Å². The van der Waals surface area contributed by atoms with Gasteiger partial charge >= 0.3 is 0 Å². The predicted octanol–water partition coefficient (Wildman–Crippen LogP) is 2.86. The van der Waals surface area contributed by atoms with E-state index in [4.69, 9.17) is 0 Å². The Labute approximate surface area is 201 Å². The predicted molar refractivity (Wildman–Crippen MR) is 136 cm³/mol. The topological polar surface area (TPSA) is 98.7 Å². The summed E-state index contributed by atoms with van der Waals surface area (Å²) in [5, 5.41) is 16.9. The van der Waals surface area contributed by atoms with Crippen molar-refractivity contribution in [2.24, 2.45) is 5.92 Å². The number of aryl methyl sites for hydroxylation is 1. The number of nitrogens with one attached hydrogen (secondary N) is 2. The molecule has 0 fully saturated rings. The van der Waals surface area contributed by atoms with E-state index in [1.165, 1.54) is 4.31 Å². The summed E-state index contributed by atoms with van der Waals surface area (Å²) in [6.45, 7) is 12.3. The molecule has 0 aliphatic heterocycles. The lowest BCUT2D eigenvalue weighted by atomic mass is 10.00. The van der Waals surface area contributed by atoms with Crippen LogP contribution >= 0.6 is 0 Å². The normalized spacial score (nSPS) is 13.9. The Morgan fingerprint density at radius 3 is 2.24 bits per heavy atom. The monoisotopic (exact) mass is 483 g/mol. The maximum Gasteiger partial charge on any atom is 0.221 e. The molecule has 0 saturated heterocycles. The summed E-state index contributed by atoms with van der Waals surface area (Å²) >= 11 is 0. The van der Waals surface area contributed by atoms with E-state index in [-0.39, 0.29) is 18.1 Å². The number of hydrogen-bond acceptors (Lipinski definition) is 5. The number of aliphatic hydroxyl groups is 1. The van der Waals surface area contributed by atoms with Gasteiger partial charge in [0.2, 0.25) is 15.9 Å². The summed E-state index contributed by atoms with van der Waals surface area (Å²) < 4.78 is 26.8. The van der Waals surface area contributed by atoms with E-state index in [9.17, 15) is 18.3 Å². The van der Waals surface area contributed by atoms with Gasteiger partial charge in [0.25, 0.3) is 0 Å². The van der Waals surface area contributed by atoms with Crippen molar-refractivity contribution in [3.05, 3.63) is 35.4 Å². The highest BCUT2D eigenvalue weighted by atomic mass is 32.2. The zero-order valence-electron chi connectivity index (χ0n) is 21.1. The third kappa shape index (κ3) is 12.0. The number of carbonyl (C=O) groups excluding carboxylic acids is 1. The van der Waals surface area contributed by atoms with Crippen LogP contribution in [0.2, 0.25) is 0 Å². The van der Waals surface area contributed by atoms with Crippen LogP contribution in [0.15, 0.2) is 24.3 Å². The van der Waals surface area contributed by atoms with Gasteiger partial charge in [-0.3, -0.25) is 4.79 Å². The average Bonchev–Trinajstić information content (AvgIpc) is 2.76. The maximum atomic E-state index is 12.7. The number of sulfonamides is 1. The molecule has 7 nitrogen and oxygen atoms in total. The molecule has 2 unspecified atom stereocenters. The second kappa shape index (κ2) is 15.4. The first-order valence-corrected chi connectivity index (χ1v) is 13.9. The van der Waals surface area contributed by atoms with E-state index >= 15 is 0 Å². The fraction of sp³-hybridized carbons (Fsp3) is 0.720. The Balaban J connectivity index is 2.77. The van der Waals surface area contributed by atoms with E-state index in [0.717, 1.165) is 36.9 Å². The van der Waals surface area contributed by atoms with Crippen molar-refractivity contribution in [2.75, 3.05) is 31.9 Å². The molecule has 0 aliphatic rings. The molecule has 3 N–H and O–H groups in total. The van der Waals surface area contributed by atoms with Gasteiger partial charge in [0.1, 0.15) is 0 Å². The number of amides is 1. The standard InChI is InChI=1S/C25H45N3O4S/c1-6-15-28(16-7-2)33(31,32)17-13-25(30)27-23(18-22-10-8-21(5)9-11-22)24(29)19-26-14-12-20(3)4/h8-11,20,23-24,26,29H,6-7,12-19H2,1-5H3,(H,27,30). The van der Waals surface area contributed by atoms with Crippen molar-refractivity contribution in [1.82, 2.24) is 14.9 Å². The molecule has 0 aliphatic carbocycles. The smallest absolute Gasteiger partial charge is 0.221 e. The fourth-order valence-electron chi connectivity index (χ4n) is 3.56. The maximum absolute atomic E-state index is 12.7. The number of aliphatic hydroxyl groups excluding tert-OH is 1. The number of carbonyl (C=O) groups is 1. The minimum atomic E-state index is -3.49. The molecule has 2 atom stereocenters. The molecular weight excluding hydrogens is 438 g/mol. The molecule has 0 radical (unpaired) electrons. The molecule has 0 bridgehead atoms. The number of benzene rings is 1. The highest BCUT2D eigenvalue weighted by Crippen LogP contribution is 2.10. The molecule has 0 saturated carbocycles. The van der Waals surface area contributed by atoms with Crippen molar-refractivity contribution in [3.8, 4) is 0 Å². The van der Waals surface area contributed by atoms with E-state index in [0.29, 0.717) is 32.0 Å². The third-order valence-electron chi connectivity index (χ3n) is 5.57. The van der Waals surface area contributed by atoms with Crippen molar-refractivity contribution >= 4 is 15.9 Å². The minimum Gasteiger partial charge on any atom is -0.390 e. The first kappa shape index (κ1) is 29.6. The second-order valence-corrected chi connectivity index (χ2v) is 11.4. The molecule has 1 aromatic carbocycles. The summed E-state index contributed by atoms with van der Waals surface area (Å²) in [4.78, 5) is 12.7. The van der Waals surface area contributed by atoms with Gasteiger partial charge in [0.15, 0.2) is 0 Å². The summed E-state index contributed by atoms with van der Waals surface area (Å²) in [7, 11) is -3.49. The van der Waals surface area contributed by atoms with Gasteiger partial charge in [0, 0.05) is 26.1 Å². The zero-order valence-corrected chi connectivity index (χ0v) is 22.0.